The molecule has 2 heterocycles. The molecule has 1 N–H and O–H groups in total. The van der Waals surface area contributed by atoms with Crippen LogP contribution in [0.4, 0.5) is 0 Å². The van der Waals surface area contributed by atoms with Crippen molar-refractivity contribution < 1.29 is 23.1 Å². The number of ketones is 1. The minimum atomic E-state index is -3.79. The fraction of sp³-hybridized carbons (Fsp3) is 0.417. The number of hydrogen-bond acceptors (Lipinski definition) is 5. The molecule has 162 valence electrons. The first-order chi connectivity index (χ1) is 14.8. The summed E-state index contributed by atoms with van der Waals surface area (Å²) in [4.78, 5) is 27.5. The van der Waals surface area contributed by atoms with Gasteiger partial charge in [-0.2, -0.15) is 0 Å². The van der Waals surface area contributed by atoms with Gasteiger partial charge in [0, 0.05) is 18.4 Å². The summed E-state index contributed by atoms with van der Waals surface area (Å²) in [5.74, 6) is -1.31. The molecule has 2 aliphatic heterocycles. The monoisotopic (exact) mass is 439 g/mol. The Kier molecular flexibility index (Phi) is 4.79. The van der Waals surface area contributed by atoms with Crippen molar-refractivity contribution in [1.82, 2.24) is 4.90 Å². The molecule has 2 aromatic rings. The predicted molar refractivity (Wildman–Crippen MR) is 114 cm³/mol. The predicted octanol–water partition coefficient (Wildman–Crippen LogP) is 3.40. The van der Waals surface area contributed by atoms with Crippen LogP contribution in [0.2, 0.25) is 0 Å². The molecule has 1 aliphatic carbocycles. The molecule has 0 aromatic heterocycles. The molecule has 0 amide bonds. The Balaban J connectivity index is 1.72. The fourth-order valence-electron chi connectivity index (χ4n) is 6.07. The zero-order valence-electron chi connectivity index (χ0n) is 17.2. The SMILES string of the molecule is CC1CCC(=O)[C@H]2C[C@@H](S(=O)(=O)c3ccccc3)[C@H]3c4ccccc4[C@@H](C(=O)O)N3[C@H]12. The van der Waals surface area contributed by atoms with E-state index in [-0.39, 0.29) is 29.1 Å². The average molecular weight is 440 g/mol. The number of piperidine rings is 1. The van der Waals surface area contributed by atoms with Gasteiger partial charge in [-0.15, -0.1) is 0 Å². The Morgan fingerprint density at radius 2 is 1.68 bits per heavy atom. The Labute approximate surface area is 181 Å². The van der Waals surface area contributed by atoms with Crippen molar-refractivity contribution in [3.63, 3.8) is 0 Å². The number of carbonyl (C=O) groups is 2. The van der Waals surface area contributed by atoms with E-state index >= 15 is 0 Å². The molecule has 6 atom stereocenters. The van der Waals surface area contributed by atoms with Crippen molar-refractivity contribution in [3.05, 3.63) is 65.7 Å². The third kappa shape index (κ3) is 2.97. The van der Waals surface area contributed by atoms with Gasteiger partial charge in [-0.1, -0.05) is 49.4 Å². The van der Waals surface area contributed by atoms with E-state index in [4.69, 9.17) is 0 Å². The summed E-state index contributed by atoms with van der Waals surface area (Å²) in [7, 11) is -3.79. The van der Waals surface area contributed by atoms with Gasteiger partial charge in [0.05, 0.1) is 16.2 Å². The maximum absolute atomic E-state index is 13.8. The van der Waals surface area contributed by atoms with Crippen LogP contribution in [0.25, 0.3) is 0 Å². The minimum absolute atomic E-state index is 0.0508. The smallest absolute Gasteiger partial charge is 0.325 e. The number of rotatable bonds is 3. The summed E-state index contributed by atoms with van der Waals surface area (Å²) in [6.07, 6.45) is 1.35. The Morgan fingerprint density at radius 3 is 2.35 bits per heavy atom. The maximum Gasteiger partial charge on any atom is 0.325 e. The number of Topliss-reactive ketones (excluding diaryl/α,β-unsaturated/α-hetero) is 1. The first-order valence-corrected chi connectivity index (χ1v) is 12.3. The van der Waals surface area contributed by atoms with Gasteiger partial charge in [0.2, 0.25) is 0 Å². The summed E-state index contributed by atoms with van der Waals surface area (Å²) in [6.45, 7) is 2.05. The van der Waals surface area contributed by atoms with E-state index in [1.54, 1.807) is 42.5 Å². The van der Waals surface area contributed by atoms with Gasteiger partial charge in [-0.25, -0.2) is 8.42 Å². The van der Waals surface area contributed by atoms with E-state index in [1.165, 1.54) is 0 Å². The molecule has 6 nitrogen and oxygen atoms in total. The normalized spacial score (nSPS) is 32.7. The van der Waals surface area contributed by atoms with E-state index < -0.39 is 39.1 Å². The van der Waals surface area contributed by atoms with Crippen LogP contribution in [-0.2, 0) is 19.4 Å². The van der Waals surface area contributed by atoms with Crippen LogP contribution >= 0.6 is 0 Å². The van der Waals surface area contributed by atoms with Gasteiger partial charge in [0.15, 0.2) is 9.84 Å². The summed E-state index contributed by atoms with van der Waals surface area (Å²) in [5.41, 5.74) is 1.39. The molecule has 2 fully saturated rings. The fourth-order valence-corrected chi connectivity index (χ4v) is 8.04. The lowest BCUT2D eigenvalue weighted by atomic mass is 9.70. The maximum atomic E-state index is 13.8. The second kappa shape index (κ2) is 7.28. The largest absolute Gasteiger partial charge is 0.480 e. The molecule has 7 heteroatoms. The van der Waals surface area contributed by atoms with E-state index in [2.05, 4.69) is 6.92 Å². The van der Waals surface area contributed by atoms with Crippen LogP contribution in [0.3, 0.4) is 0 Å². The standard InChI is InChI=1S/C24H25NO5S/c1-14-11-12-19(26)18-13-20(31(29,30)15-7-3-2-4-8-15)22-16-9-5-6-10-17(16)23(24(27)28)25(22)21(14)18/h2-10,14,18,20-23H,11-13H2,1H3,(H,27,28)/t14?,18-,20-,21-,22-,23+/m1/s1. The lowest BCUT2D eigenvalue weighted by Gasteiger charge is -2.51. The van der Waals surface area contributed by atoms with E-state index in [1.807, 2.05) is 17.0 Å². The van der Waals surface area contributed by atoms with Crippen molar-refractivity contribution in [2.75, 3.05) is 0 Å². The number of aliphatic carboxylic acids is 1. The third-order valence-electron chi connectivity index (χ3n) is 7.37. The highest BCUT2D eigenvalue weighted by atomic mass is 32.2. The first-order valence-electron chi connectivity index (χ1n) is 10.7. The quantitative estimate of drug-likeness (QED) is 0.788. The van der Waals surface area contributed by atoms with Crippen LogP contribution in [-0.4, -0.2) is 41.5 Å². The van der Waals surface area contributed by atoms with Crippen LogP contribution in [0.1, 0.15) is 49.4 Å². The highest BCUT2D eigenvalue weighted by molar-refractivity contribution is 7.92. The number of carboxylic acid groups (broad SMARTS) is 1. The summed E-state index contributed by atoms with van der Waals surface area (Å²) < 4.78 is 27.6. The van der Waals surface area contributed by atoms with Crippen LogP contribution in [0, 0.1) is 11.8 Å². The van der Waals surface area contributed by atoms with Crippen molar-refractivity contribution in [3.8, 4) is 0 Å². The van der Waals surface area contributed by atoms with Crippen molar-refractivity contribution in [1.29, 1.82) is 0 Å². The number of carboxylic acids is 1. The second-order valence-corrected chi connectivity index (χ2v) is 11.1. The van der Waals surface area contributed by atoms with Crippen molar-refractivity contribution in [2.45, 2.75) is 54.5 Å². The molecule has 3 aliphatic rings. The molecule has 1 saturated heterocycles. The summed E-state index contributed by atoms with van der Waals surface area (Å²) >= 11 is 0. The number of nitrogens with zero attached hydrogens (tertiary/aromatic N) is 1. The number of sulfone groups is 1. The summed E-state index contributed by atoms with van der Waals surface area (Å²) in [5, 5.41) is 9.29. The highest BCUT2D eigenvalue weighted by Gasteiger charge is 2.59. The minimum Gasteiger partial charge on any atom is -0.480 e. The van der Waals surface area contributed by atoms with Crippen LogP contribution in [0.5, 0.6) is 0 Å². The number of benzene rings is 2. The van der Waals surface area contributed by atoms with Gasteiger partial charge in [0.1, 0.15) is 11.8 Å². The Bertz CT molecular complexity index is 1150. The lowest BCUT2D eigenvalue weighted by Crippen LogP contribution is -2.59. The Morgan fingerprint density at radius 1 is 1.03 bits per heavy atom. The third-order valence-corrected chi connectivity index (χ3v) is 9.55. The van der Waals surface area contributed by atoms with Gasteiger partial charge >= 0.3 is 5.97 Å². The topological polar surface area (TPSA) is 91.8 Å². The average Bonchev–Trinajstić information content (AvgIpc) is 3.11. The van der Waals surface area contributed by atoms with Crippen LogP contribution in [0.15, 0.2) is 59.5 Å². The number of carbonyl (C=O) groups excluding carboxylic acids is 1. The molecular weight excluding hydrogens is 414 g/mol. The van der Waals surface area contributed by atoms with Crippen LogP contribution < -0.4 is 0 Å². The molecule has 5 rings (SSSR count). The van der Waals surface area contributed by atoms with Gasteiger partial charge in [0.25, 0.3) is 0 Å². The zero-order valence-corrected chi connectivity index (χ0v) is 18.0. The first kappa shape index (κ1) is 20.4. The highest BCUT2D eigenvalue weighted by Crippen LogP contribution is 2.55. The van der Waals surface area contributed by atoms with E-state index in [9.17, 15) is 23.1 Å². The van der Waals surface area contributed by atoms with Crippen molar-refractivity contribution in [2.24, 2.45) is 11.8 Å². The van der Waals surface area contributed by atoms with Gasteiger partial charge < -0.3 is 5.11 Å². The number of hydrogen-bond donors (Lipinski definition) is 1. The molecule has 1 unspecified atom stereocenters. The Hall–Kier alpha value is -2.51. The molecular formula is C24H25NO5S. The molecule has 0 spiro atoms. The van der Waals surface area contributed by atoms with Gasteiger partial charge in [-0.05, 0) is 42.0 Å². The zero-order chi connectivity index (χ0) is 21.9. The second-order valence-electron chi connectivity index (χ2n) is 8.97. The van der Waals surface area contributed by atoms with Crippen molar-refractivity contribution >= 4 is 21.6 Å². The van der Waals surface area contributed by atoms with E-state index in [0.29, 0.717) is 18.4 Å². The molecule has 1 saturated carbocycles. The summed E-state index contributed by atoms with van der Waals surface area (Å²) in [6, 6.07) is 13.7. The molecule has 2 aromatic carbocycles. The van der Waals surface area contributed by atoms with E-state index in [0.717, 1.165) is 5.56 Å². The number of fused-ring (bicyclic) bond motifs is 5. The molecule has 31 heavy (non-hydrogen) atoms. The lowest BCUT2D eigenvalue weighted by molar-refractivity contribution is -0.152. The van der Waals surface area contributed by atoms with Gasteiger partial charge in [-0.3, -0.25) is 14.5 Å². The molecule has 0 bridgehead atoms. The molecule has 0 radical (unpaired) electrons.